The Labute approximate surface area is 191 Å². The number of ether oxygens (including phenoxy) is 2. The number of H-pyrrole nitrogens is 1. The van der Waals surface area contributed by atoms with Gasteiger partial charge in [0.2, 0.25) is 0 Å². The summed E-state index contributed by atoms with van der Waals surface area (Å²) >= 11 is 0. The van der Waals surface area contributed by atoms with E-state index < -0.39 is 0 Å². The zero-order valence-electron chi connectivity index (χ0n) is 20.3. The number of aromatic nitrogens is 2. The highest BCUT2D eigenvalue weighted by molar-refractivity contribution is 5.97. The zero-order valence-corrected chi connectivity index (χ0v) is 19.3. The highest BCUT2D eigenvalue weighted by atomic mass is 16.5. The van der Waals surface area contributed by atoms with Crippen molar-refractivity contribution in [3.05, 3.63) is 41.9 Å². The van der Waals surface area contributed by atoms with Crippen LogP contribution in [0, 0.1) is 6.92 Å². The van der Waals surface area contributed by atoms with Crippen LogP contribution in [0.25, 0.3) is 22.0 Å². The van der Waals surface area contributed by atoms with Gasteiger partial charge in [-0.1, -0.05) is 6.07 Å². The van der Waals surface area contributed by atoms with Crippen LogP contribution in [0.4, 0.5) is 0 Å². The fourth-order valence-electron chi connectivity index (χ4n) is 5.35. The number of hydrogen-bond donors (Lipinski definition) is 2. The van der Waals surface area contributed by atoms with E-state index in [1.807, 2.05) is 18.3 Å². The van der Waals surface area contributed by atoms with Crippen LogP contribution in [0.15, 0.2) is 30.5 Å². The normalized spacial score (nSPS) is 23.3. The molecule has 2 saturated heterocycles. The highest BCUT2D eigenvalue weighted by Crippen LogP contribution is 2.39. The van der Waals surface area contributed by atoms with Gasteiger partial charge < -0.3 is 24.7 Å². The summed E-state index contributed by atoms with van der Waals surface area (Å²) in [6.45, 7) is 5.08. The number of likely N-dealkylation sites (tertiary alicyclic amines) is 1. The monoisotopic (exact) mass is 435 g/mol. The summed E-state index contributed by atoms with van der Waals surface area (Å²) in [5.74, 6) is 1.77. The Balaban J connectivity index is 1.43. The number of aromatic amines is 1. The molecule has 2 aliphatic rings. The number of pyridine rings is 1. The van der Waals surface area contributed by atoms with Crippen molar-refractivity contribution in [1.82, 2.24) is 20.2 Å². The smallest absolute Gasteiger partial charge is 0.161 e. The SMILES string of the molecule is [2H]C1CC(c2cc3c(-c4ccc(OC)c(OC)c4)c(C)[nH]c3cn2)CCN1C1CCNCC1. The summed E-state index contributed by atoms with van der Waals surface area (Å²) in [7, 11) is 3.32. The largest absolute Gasteiger partial charge is 0.493 e. The Hall–Kier alpha value is -2.57. The third-order valence-corrected chi connectivity index (χ3v) is 7.12. The first-order valence-corrected chi connectivity index (χ1v) is 11.7. The van der Waals surface area contributed by atoms with Crippen LogP contribution < -0.4 is 14.8 Å². The molecule has 6 heteroatoms. The van der Waals surface area contributed by atoms with Gasteiger partial charge in [0.05, 0.1) is 25.9 Å². The second kappa shape index (κ2) is 9.12. The lowest BCUT2D eigenvalue weighted by Gasteiger charge is -2.39. The molecular weight excluding hydrogens is 400 g/mol. The number of benzene rings is 1. The maximum atomic E-state index is 8.82. The van der Waals surface area contributed by atoms with E-state index in [0.29, 0.717) is 12.0 Å². The van der Waals surface area contributed by atoms with E-state index in [2.05, 4.69) is 34.3 Å². The Morgan fingerprint density at radius 1 is 1.06 bits per heavy atom. The first-order valence-electron chi connectivity index (χ1n) is 12.3. The van der Waals surface area contributed by atoms with Gasteiger partial charge in [0.15, 0.2) is 11.5 Å². The fourth-order valence-corrected chi connectivity index (χ4v) is 5.35. The van der Waals surface area contributed by atoms with Crippen LogP contribution in [-0.2, 0) is 0 Å². The lowest BCUT2D eigenvalue weighted by Crippen LogP contribution is -2.46. The molecule has 0 radical (unpaired) electrons. The Bertz CT molecular complexity index is 1120. The average Bonchev–Trinajstić information content (AvgIpc) is 3.18. The molecule has 0 bridgehead atoms. The van der Waals surface area contributed by atoms with Crippen LogP contribution in [0.1, 0.15) is 44.4 Å². The Morgan fingerprint density at radius 2 is 1.88 bits per heavy atom. The second-order valence-electron chi connectivity index (χ2n) is 8.97. The summed E-state index contributed by atoms with van der Waals surface area (Å²) in [6.07, 6.45) is 6.17. The van der Waals surface area contributed by atoms with Gasteiger partial charge in [-0.25, -0.2) is 0 Å². The van der Waals surface area contributed by atoms with Crippen LogP contribution in [-0.4, -0.2) is 61.3 Å². The van der Waals surface area contributed by atoms with E-state index in [4.69, 9.17) is 15.8 Å². The van der Waals surface area contributed by atoms with E-state index in [1.165, 1.54) is 10.9 Å². The van der Waals surface area contributed by atoms with Crippen molar-refractivity contribution in [2.45, 2.75) is 44.6 Å². The molecule has 1 aromatic carbocycles. The molecule has 0 aliphatic carbocycles. The molecule has 5 rings (SSSR count). The molecule has 2 aliphatic heterocycles. The number of rotatable bonds is 5. The zero-order chi connectivity index (χ0) is 22.9. The summed E-state index contributed by atoms with van der Waals surface area (Å²) in [4.78, 5) is 10.7. The van der Waals surface area contributed by atoms with Crippen LogP contribution >= 0.6 is 0 Å². The van der Waals surface area contributed by atoms with E-state index in [1.54, 1.807) is 14.2 Å². The van der Waals surface area contributed by atoms with Crippen molar-refractivity contribution in [3.63, 3.8) is 0 Å². The van der Waals surface area contributed by atoms with E-state index in [0.717, 1.165) is 79.3 Å². The van der Waals surface area contributed by atoms with Gasteiger partial charge >= 0.3 is 0 Å². The average molecular weight is 436 g/mol. The van der Waals surface area contributed by atoms with Crippen molar-refractivity contribution < 1.29 is 10.8 Å². The summed E-state index contributed by atoms with van der Waals surface area (Å²) in [5.41, 5.74) is 5.51. The molecule has 0 spiro atoms. The number of nitrogens with zero attached hydrogens (tertiary/aromatic N) is 2. The first-order chi connectivity index (χ1) is 16.1. The van der Waals surface area contributed by atoms with Gasteiger partial charge in [-0.15, -0.1) is 0 Å². The van der Waals surface area contributed by atoms with Crippen LogP contribution in [0.3, 0.4) is 0 Å². The van der Waals surface area contributed by atoms with Crippen molar-refractivity contribution in [2.75, 3.05) is 40.4 Å². The van der Waals surface area contributed by atoms with Crippen LogP contribution in [0.2, 0.25) is 0 Å². The molecule has 2 aromatic heterocycles. The lowest BCUT2D eigenvalue weighted by molar-refractivity contribution is 0.126. The molecule has 0 amide bonds. The van der Waals surface area contributed by atoms with Gasteiger partial charge in [-0.2, -0.15) is 0 Å². The van der Waals surface area contributed by atoms with Crippen molar-refractivity contribution >= 4 is 10.9 Å². The van der Waals surface area contributed by atoms with Crippen LogP contribution in [0.5, 0.6) is 11.5 Å². The van der Waals surface area contributed by atoms with Crippen molar-refractivity contribution in [3.8, 4) is 22.6 Å². The molecule has 6 nitrogen and oxygen atoms in total. The molecular formula is C26H34N4O2. The predicted octanol–water partition coefficient (Wildman–Crippen LogP) is 4.49. The molecule has 4 heterocycles. The maximum Gasteiger partial charge on any atom is 0.161 e. The first kappa shape index (κ1) is 20.1. The molecule has 32 heavy (non-hydrogen) atoms. The Kier molecular flexibility index (Phi) is 5.72. The minimum atomic E-state index is -0.150. The predicted molar refractivity (Wildman–Crippen MR) is 129 cm³/mol. The number of methoxy groups -OCH3 is 2. The lowest BCUT2D eigenvalue weighted by atomic mass is 9.90. The molecule has 2 fully saturated rings. The quantitative estimate of drug-likeness (QED) is 0.618. The molecule has 170 valence electrons. The third kappa shape index (κ3) is 3.97. The number of piperidine rings is 2. The highest BCUT2D eigenvalue weighted by Gasteiger charge is 2.27. The summed E-state index contributed by atoms with van der Waals surface area (Å²) < 4.78 is 19.8. The standard InChI is InChI=1S/C26H34N4O2/c1-17-26(19-4-5-24(31-2)25(14-19)32-3)21-15-22(28-16-23(21)29-17)18-8-12-30(13-9-18)20-6-10-27-11-7-20/h4-5,14-16,18,20,27,29H,6-13H2,1-3H3/i12D. The van der Waals surface area contributed by atoms with Gasteiger partial charge in [0.25, 0.3) is 0 Å². The van der Waals surface area contributed by atoms with Gasteiger partial charge in [-0.05, 0) is 82.5 Å². The molecule has 2 unspecified atom stereocenters. The molecule has 3 aromatic rings. The van der Waals surface area contributed by atoms with Gasteiger partial charge in [-0.3, -0.25) is 4.98 Å². The summed E-state index contributed by atoms with van der Waals surface area (Å²) in [6, 6.07) is 8.85. The van der Waals surface area contributed by atoms with E-state index >= 15 is 0 Å². The van der Waals surface area contributed by atoms with E-state index in [9.17, 15) is 0 Å². The van der Waals surface area contributed by atoms with Gasteiger partial charge in [0.1, 0.15) is 0 Å². The molecule has 2 N–H and O–H groups in total. The number of hydrogen-bond acceptors (Lipinski definition) is 5. The van der Waals surface area contributed by atoms with Crippen molar-refractivity contribution in [2.24, 2.45) is 0 Å². The minimum absolute atomic E-state index is 0.150. The van der Waals surface area contributed by atoms with E-state index in [-0.39, 0.29) is 6.52 Å². The second-order valence-corrected chi connectivity index (χ2v) is 8.97. The van der Waals surface area contributed by atoms with Gasteiger partial charge in [0, 0.05) is 35.7 Å². The topological polar surface area (TPSA) is 62.4 Å². The number of fused-ring (bicyclic) bond motifs is 1. The Morgan fingerprint density at radius 3 is 2.62 bits per heavy atom. The summed E-state index contributed by atoms with van der Waals surface area (Å²) in [5, 5.41) is 4.61. The molecule has 0 saturated carbocycles. The fraction of sp³-hybridized carbons (Fsp3) is 0.500. The molecule has 2 atom stereocenters. The maximum absolute atomic E-state index is 8.82. The van der Waals surface area contributed by atoms with Crippen molar-refractivity contribution in [1.29, 1.82) is 0 Å². The number of nitrogens with one attached hydrogen (secondary N) is 2. The minimum Gasteiger partial charge on any atom is -0.493 e. The number of aryl methyl sites for hydroxylation is 1. The third-order valence-electron chi connectivity index (χ3n) is 7.12.